The van der Waals surface area contributed by atoms with Crippen LogP contribution in [-0.2, 0) is 9.53 Å². The third-order valence-electron chi connectivity index (χ3n) is 6.75. The predicted molar refractivity (Wildman–Crippen MR) is 118 cm³/mol. The van der Waals surface area contributed by atoms with E-state index in [2.05, 4.69) is 4.98 Å². The van der Waals surface area contributed by atoms with Crippen LogP contribution in [0.2, 0.25) is 0 Å². The molecule has 34 heavy (non-hydrogen) atoms. The third kappa shape index (κ3) is 4.02. The lowest BCUT2D eigenvalue weighted by atomic mass is 9.89. The molecule has 9 heteroatoms. The molecule has 180 valence electrons. The van der Waals surface area contributed by atoms with E-state index in [4.69, 9.17) is 9.47 Å². The number of nitrogens with zero attached hydrogens (tertiary/aromatic N) is 3. The molecule has 1 aromatic carbocycles. The Bertz CT molecular complexity index is 1100. The number of fused-ring (bicyclic) bond motifs is 1. The molecule has 2 atom stereocenters. The molecule has 3 saturated heterocycles. The second kappa shape index (κ2) is 8.61. The van der Waals surface area contributed by atoms with Crippen molar-refractivity contribution in [3.63, 3.8) is 0 Å². The number of ether oxygens (including phenoxy) is 2. The zero-order chi connectivity index (χ0) is 24.0. The lowest BCUT2D eigenvalue weighted by Crippen LogP contribution is -2.51. The van der Waals surface area contributed by atoms with E-state index in [1.807, 2.05) is 13.8 Å². The number of hydrogen-bond donors (Lipinski definition) is 0. The van der Waals surface area contributed by atoms with E-state index in [9.17, 15) is 18.4 Å². The summed E-state index contributed by atoms with van der Waals surface area (Å²) in [6.07, 6.45) is 1.43. The van der Waals surface area contributed by atoms with Crippen LogP contribution in [0.1, 0.15) is 61.6 Å². The van der Waals surface area contributed by atoms with E-state index in [-0.39, 0.29) is 17.9 Å². The molecule has 5 rings (SSSR count). The van der Waals surface area contributed by atoms with Gasteiger partial charge in [-0.1, -0.05) is 6.07 Å². The number of aromatic nitrogens is 1. The molecule has 1 spiro atoms. The van der Waals surface area contributed by atoms with Gasteiger partial charge in [0.25, 0.3) is 11.8 Å². The maximum Gasteiger partial charge on any atom is 0.272 e. The molecular weight excluding hydrogens is 444 g/mol. The van der Waals surface area contributed by atoms with Crippen LogP contribution < -0.4 is 4.74 Å². The van der Waals surface area contributed by atoms with Gasteiger partial charge >= 0.3 is 0 Å². The molecule has 3 aliphatic rings. The number of hydrogen-bond acceptors (Lipinski definition) is 5. The number of pyridine rings is 1. The summed E-state index contributed by atoms with van der Waals surface area (Å²) in [5.41, 5.74) is -0.278. The summed E-state index contributed by atoms with van der Waals surface area (Å²) in [7, 11) is 0. The van der Waals surface area contributed by atoms with Gasteiger partial charge in [0.15, 0.2) is 5.60 Å². The first-order valence-electron chi connectivity index (χ1n) is 11.7. The molecule has 1 aromatic heterocycles. The van der Waals surface area contributed by atoms with Gasteiger partial charge in [-0.15, -0.1) is 0 Å². The van der Waals surface area contributed by atoms with E-state index in [0.29, 0.717) is 55.9 Å². The van der Waals surface area contributed by atoms with Crippen LogP contribution in [0.15, 0.2) is 36.4 Å². The fourth-order valence-electron chi connectivity index (χ4n) is 5.21. The molecule has 0 saturated carbocycles. The van der Waals surface area contributed by atoms with Gasteiger partial charge in [0, 0.05) is 38.1 Å². The van der Waals surface area contributed by atoms with Crippen molar-refractivity contribution in [2.75, 3.05) is 13.1 Å². The minimum atomic E-state index is -1.01. The summed E-state index contributed by atoms with van der Waals surface area (Å²) in [6, 6.07) is 8.05. The SMILES string of the molecule is CC(C)Oc1cccc(C(=O)N2CCC3(CC2)O[C@@H]2CC[C@@H](c4cc(F)cc(F)c4)N2C3=O)n1. The number of carbonyl (C=O) groups is 2. The van der Waals surface area contributed by atoms with Gasteiger partial charge in [-0.05, 0) is 50.5 Å². The second-order valence-electron chi connectivity index (χ2n) is 9.40. The van der Waals surface area contributed by atoms with Gasteiger partial charge < -0.3 is 19.3 Å². The maximum absolute atomic E-state index is 13.8. The Labute approximate surface area is 196 Å². The first kappa shape index (κ1) is 22.7. The average molecular weight is 472 g/mol. The Morgan fingerprint density at radius 3 is 2.53 bits per heavy atom. The van der Waals surface area contributed by atoms with Gasteiger partial charge in [-0.3, -0.25) is 9.59 Å². The van der Waals surface area contributed by atoms with Gasteiger partial charge in [0.05, 0.1) is 12.1 Å². The number of rotatable bonds is 4. The average Bonchev–Trinajstić information content (AvgIpc) is 3.31. The van der Waals surface area contributed by atoms with Crippen molar-refractivity contribution in [3.8, 4) is 5.88 Å². The summed E-state index contributed by atoms with van der Waals surface area (Å²) in [5.74, 6) is -1.32. The summed E-state index contributed by atoms with van der Waals surface area (Å²) in [6.45, 7) is 4.47. The van der Waals surface area contributed by atoms with Crippen LogP contribution in [0, 0.1) is 11.6 Å². The highest BCUT2D eigenvalue weighted by Gasteiger charge is 2.58. The highest BCUT2D eigenvalue weighted by atomic mass is 19.1. The summed E-state index contributed by atoms with van der Waals surface area (Å²) in [5, 5.41) is 0. The van der Waals surface area contributed by atoms with Crippen molar-refractivity contribution in [1.82, 2.24) is 14.8 Å². The smallest absolute Gasteiger partial charge is 0.272 e. The van der Waals surface area contributed by atoms with Gasteiger partial charge in [-0.2, -0.15) is 0 Å². The normalized spacial score (nSPS) is 23.6. The van der Waals surface area contributed by atoms with Crippen LogP contribution >= 0.6 is 0 Å². The van der Waals surface area contributed by atoms with Crippen LogP contribution in [0.25, 0.3) is 0 Å². The zero-order valence-corrected chi connectivity index (χ0v) is 19.2. The van der Waals surface area contributed by atoms with Crippen molar-refractivity contribution < 1.29 is 27.8 Å². The van der Waals surface area contributed by atoms with Crippen LogP contribution in [0.4, 0.5) is 8.78 Å². The fourth-order valence-corrected chi connectivity index (χ4v) is 5.21. The molecule has 0 unspecified atom stereocenters. The van der Waals surface area contributed by atoms with Gasteiger partial charge in [0.1, 0.15) is 23.6 Å². The Morgan fingerprint density at radius 2 is 1.85 bits per heavy atom. The van der Waals surface area contributed by atoms with E-state index < -0.39 is 29.5 Å². The Hall–Kier alpha value is -3.07. The van der Waals surface area contributed by atoms with Crippen molar-refractivity contribution in [3.05, 3.63) is 59.3 Å². The highest BCUT2D eigenvalue weighted by molar-refractivity contribution is 5.93. The summed E-state index contributed by atoms with van der Waals surface area (Å²) < 4.78 is 39.4. The first-order chi connectivity index (χ1) is 16.3. The van der Waals surface area contributed by atoms with E-state index in [1.54, 1.807) is 28.0 Å². The number of amides is 2. The van der Waals surface area contributed by atoms with Crippen LogP contribution in [0.3, 0.4) is 0 Å². The molecule has 2 aromatic rings. The molecule has 0 bridgehead atoms. The minimum Gasteiger partial charge on any atom is -0.475 e. The Morgan fingerprint density at radius 1 is 1.15 bits per heavy atom. The standard InChI is InChI=1S/C25H27F2N3O4/c1-15(2)33-21-5-3-4-19(28-21)23(31)29-10-8-25(9-11-29)24(32)30-20(6-7-22(30)34-25)16-12-17(26)14-18(27)13-16/h3-5,12-15,20,22H,6-11H2,1-2H3/t20-,22+/m0/s1. The summed E-state index contributed by atoms with van der Waals surface area (Å²) >= 11 is 0. The van der Waals surface area contributed by atoms with Crippen molar-refractivity contribution >= 4 is 11.8 Å². The van der Waals surface area contributed by atoms with Crippen molar-refractivity contribution in [2.24, 2.45) is 0 Å². The van der Waals surface area contributed by atoms with E-state index >= 15 is 0 Å². The third-order valence-corrected chi connectivity index (χ3v) is 6.75. The zero-order valence-electron chi connectivity index (χ0n) is 19.2. The van der Waals surface area contributed by atoms with Gasteiger partial charge in [-0.25, -0.2) is 13.8 Å². The Balaban J connectivity index is 1.28. The highest BCUT2D eigenvalue weighted by Crippen LogP contribution is 2.47. The number of likely N-dealkylation sites (tertiary alicyclic amines) is 1. The molecule has 3 aliphatic heterocycles. The molecule has 4 heterocycles. The molecule has 0 aliphatic carbocycles. The van der Waals surface area contributed by atoms with Gasteiger partial charge in [0.2, 0.25) is 5.88 Å². The van der Waals surface area contributed by atoms with E-state index in [1.165, 1.54) is 12.1 Å². The molecule has 3 fully saturated rings. The number of halogens is 2. The summed E-state index contributed by atoms with van der Waals surface area (Å²) in [4.78, 5) is 34.1. The van der Waals surface area contributed by atoms with Crippen molar-refractivity contribution in [1.29, 1.82) is 0 Å². The number of benzene rings is 1. The quantitative estimate of drug-likeness (QED) is 0.678. The van der Waals surface area contributed by atoms with Crippen molar-refractivity contribution in [2.45, 2.75) is 63.5 Å². The van der Waals surface area contributed by atoms with E-state index in [0.717, 1.165) is 6.07 Å². The van der Waals surface area contributed by atoms with Crippen LogP contribution in [-0.4, -0.2) is 57.6 Å². The second-order valence-corrected chi connectivity index (χ2v) is 9.40. The topological polar surface area (TPSA) is 72.0 Å². The number of piperidine rings is 1. The number of carbonyl (C=O) groups excluding carboxylic acids is 2. The molecular formula is C25H27F2N3O4. The lowest BCUT2D eigenvalue weighted by molar-refractivity contribution is -0.142. The predicted octanol–water partition coefficient (Wildman–Crippen LogP) is 3.84. The molecule has 7 nitrogen and oxygen atoms in total. The largest absolute Gasteiger partial charge is 0.475 e. The first-order valence-corrected chi connectivity index (χ1v) is 11.7. The minimum absolute atomic E-state index is 0.0552. The Kier molecular flexibility index (Phi) is 5.75. The molecule has 0 N–H and O–H groups in total. The maximum atomic E-state index is 13.8. The molecule has 0 radical (unpaired) electrons. The monoisotopic (exact) mass is 471 g/mol. The molecule has 2 amide bonds. The lowest BCUT2D eigenvalue weighted by Gasteiger charge is -2.37. The fraction of sp³-hybridized carbons (Fsp3) is 0.480. The van der Waals surface area contributed by atoms with Crippen LogP contribution in [0.5, 0.6) is 5.88 Å².